The lowest BCUT2D eigenvalue weighted by molar-refractivity contribution is -0.274. The van der Waals surface area contributed by atoms with E-state index in [1.54, 1.807) is 6.92 Å². The Balaban J connectivity index is 1.69. The molecule has 3 rings (SSSR count). The van der Waals surface area contributed by atoms with E-state index in [1.165, 1.54) is 0 Å². The van der Waals surface area contributed by atoms with Gasteiger partial charge in [0.1, 0.15) is 17.4 Å². The third kappa shape index (κ3) is 5.32. The number of hydrogen-bond donors (Lipinski definition) is 1. The van der Waals surface area contributed by atoms with E-state index < -0.39 is 22.1 Å². The second kappa shape index (κ2) is 7.92. The number of halogens is 3. The lowest BCUT2D eigenvalue weighted by Gasteiger charge is -2.17. The summed E-state index contributed by atoms with van der Waals surface area (Å²) in [4.78, 5) is 10.6. The molecule has 0 radical (unpaired) electrons. The Labute approximate surface area is 160 Å². The number of nitrogens with zero attached hydrogens (tertiary/aromatic N) is 3. The van der Waals surface area contributed by atoms with Crippen LogP contribution >= 0.6 is 0 Å². The molecule has 152 valence electrons. The predicted octanol–water partition coefficient (Wildman–Crippen LogP) is 2.76. The van der Waals surface area contributed by atoms with Crippen LogP contribution in [0.5, 0.6) is 5.75 Å². The number of ether oxygens (including phenoxy) is 1. The number of hydrogen-bond acceptors (Lipinski definition) is 6. The van der Waals surface area contributed by atoms with Crippen LogP contribution in [-0.2, 0) is 16.6 Å². The molecule has 2 heterocycles. The van der Waals surface area contributed by atoms with Gasteiger partial charge in [0.2, 0.25) is 10.0 Å². The Morgan fingerprint density at radius 3 is 2.39 bits per heavy atom. The van der Waals surface area contributed by atoms with E-state index in [9.17, 15) is 21.6 Å². The predicted molar refractivity (Wildman–Crippen MR) is 95.4 cm³/mol. The van der Waals surface area contributed by atoms with Gasteiger partial charge >= 0.3 is 6.36 Å². The SMILES string of the molecule is Cc1cc(N2CCCC2)nc(CNS(=O)(=O)c2ccc(OC(F)(F)F)cc2)n1. The van der Waals surface area contributed by atoms with Crippen molar-refractivity contribution in [1.29, 1.82) is 0 Å². The van der Waals surface area contributed by atoms with Crippen molar-refractivity contribution in [2.75, 3.05) is 18.0 Å². The second-order valence-corrected chi connectivity index (χ2v) is 8.09. The van der Waals surface area contributed by atoms with Crippen LogP contribution in [-0.4, -0.2) is 37.8 Å². The molecular weight excluding hydrogens is 397 g/mol. The maximum absolute atomic E-state index is 12.4. The Kier molecular flexibility index (Phi) is 5.75. The molecule has 1 aromatic heterocycles. The normalized spacial score (nSPS) is 15.1. The summed E-state index contributed by atoms with van der Waals surface area (Å²) in [5, 5.41) is 0. The molecule has 1 fully saturated rings. The monoisotopic (exact) mass is 416 g/mol. The smallest absolute Gasteiger partial charge is 0.406 e. The van der Waals surface area contributed by atoms with Crippen molar-refractivity contribution in [3.05, 3.63) is 41.9 Å². The van der Waals surface area contributed by atoms with Crippen LogP contribution in [0.3, 0.4) is 0 Å². The Hall–Kier alpha value is -2.40. The van der Waals surface area contributed by atoms with Gasteiger partial charge < -0.3 is 9.64 Å². The van der Waals surface area contributed by atoms with Crippen LogP contribution in [0.4, 0.5) is 19.0 Å². The summed E-state index contributed by atoms with van der Waals surface area (Å²) in [6.07, 6.45) is -2.67. The number of alkyl halides is 3. The standard InChI is InChI=1S/C17H19F3N4O3S/c1-12-10-16(24-8-2-3-9-24)23-15(22-12)11-21-28(25,26)14-6-4-13(5-7-14)27-17(18,19)20/h4-7,10,21H,2-3,8-9,11H2,1H3. The van der Waals surface area contributed by atoms with Gasteiger partial charge in [-0.05, 0) is 44.0 Å². The lowest BCUT2D eigenvalue weighted by atomic mass is 10.3. The van der Waals surface area contributed by atoms with Crippen molar-refractivity contribution in [2.45, 2.75) is 37.6 Å². The van der Waals surface area contributed by atoms with Gasteiger partial charge in [0, 0.05) is 24.8 Å². The number of rotatable bonds is 6. The third-order valence-corrected chi connectivity index (χ3v) is 5.52. The third-order valence-electron chi connectivity index (χ3n) is 4.10. The van der Waals surface area contributed by atoms with Crippen LogP contribution in [0, 0.1) is 6.92 Å². The molecule has 0 atom stereocenters. The average Bonchev–Trinajstić information content (AvgIpc) is 3.13. The minimum absolute atomic E-state index is 0.133. The number of anilines is 1. The van der Waals surface area contributed by atoms with Crippen molar-refractivity contribution in [3.63, 3.8) is 0 Å². The molecule has 11 heteroatoms. The fraction of sp³-hybridized carbons (Fsp3) is 0.412. The molecule has 0 amide bonds. The molecule has 7 nitrogen and oxygen atoms in total. The van der Waals surface area contributed by atoms with E-state index in [4.69, 9.17) is 0 Å². The molecule has 1 aliphatic rings. The molecule has 0 saturated carbocycles. The molecule has 1 saturated heterocycles. The first-order valence-electron chi connectivity index (χ1n) is 8.57. The molecule has 2 aromatic rings. The van der Waals surface area contributed by atoms with Crippen LogP contribution in [0.2, 0.25) is 0 Å². The molecule has 1 N–H and O–H groups in total. The maximum Gasteiger partial charge on any atom is 0.573 e. The van der Waals surface area contributed by atoms with E-state index in [-0.39, 0.29) is 11.4 Å². The Morgan fingerprint density at radius 1 is 1.14 bits per heavy atom. The highest BCUT2D eigenvalue weighted by molar-refractivity contribution is 7.89. The molecule has 1 aromatic carbocycles. The summed E-state index contributed by atoms with van der Waals surface area (Å²) in [5.41, 5.74) is 0.722. The second-order valence-electron chi connectivity index (χ2n) is 6.32. The summed E-state index contributed by atoms with van der Waals surface area (Å²) in [6, 6.07) is 5.81. The molecule has 0 aliphatic carbocycles. The molecule has 0 bridgehead atoms. The fourth-order valence-corrected chi connectivity index (χ4v) is 3.84. The highest BCUT2D eigenvalue weighted by Gasteiger charge is 2.31. The Bertz CT molecular complexity index is 928. The number of sulfonamides is 1. The zero-order valence-electron chi connectivity index (χ0n) is 15.0. The van der Waals surface area contributed by atoms with E-state index >= 15 is 0 Å². The van der Waals surface area contributed by atoms with Crippen molar-refractivity contribution >= 4 is 15.8 Å². The maximum atomic E-state index is 12.4. The summed E-state index contributed by atoms with van der Waals surface area (Å²) < 4.78 is 67.5. The van der Waals surface area contributed by atoms with Gasteiger partial charge in [0.25, 0.3) is 0 Å². The van der Waals surface area contributed by atoms with Gasteiger partial charge in [0.15, 0.2) is 0 Å². The summed E-state index contributed by atoms with van der Waals surface area (Å²) in [5.74, 6) is 0.582. The summed E-state index contributed by atoms with van der Waals surface area (Å²) in [7, 11) is -3.94. The summed E-state index contributed by atoms with van der Waals surface area (Å²) in [6.45, 7) is 3.46. The molecule has 0 unspecified atom stereocenters. The van der Waals surface area contributed by atoms with Crippen LogP contribution in [0.1, 0.15) is 24.4 Å². The van der Waals surface area contributed by atoms with Crippen molar-refractivity contribution < 1.29 is 26.3 Å². The van der Waals surface area contributed by atoms with Gasteiger partial charge in [-0.15, -0.1) is 13.2 Å². The van der Waals surface area contributed by atoms with E-state index in [1.807, 2.05) is 6.07 Å². The first-order valence-corrected chi connectivity index (χ1v) is 10.1. The highest BCUT2D eigenvalue weighted by atomic mass is 32.2. The molecule has 28 heavy (non-hydrogen) atoms. The number of nitrogens with one attached hydrogen (secondary N) is 1. The Morgan fingerprint density at radius 2 is 1.79 bits per heavy atom. The number of aryl methyl sites for hydroxylation is 1. The quantitative estimate of drug-likeness (QED) is 0.780. The van der Waals surface area contributed by atoms with Gasteiger partial charge in [0.05, 0.1) is 11.4 Å². The van der Waals surface area contributed by atoms with Crippen molar-refractivity contribution in [3.8, 4) is 5.75 Å². The fourth-order valence-electron chi connectivity index (χ4n) is 2.86. The minimum atomic E-state index is -4.84. The van der Waals surface area contributed by atoms with Crippen LogP contribution < -0.4 is 14.4 Å². The van der Waals surface area contributed by atoms with E-state index in [0.29, 0.717) is 5.82 Å². The minimum Gasteiger partial charge on any atom is -0.406 e. The lowest BCUT2D eigenvalue weighted by Crippen LogP contribution is -2.26. The van der Waals surface area contributed by atoms with Gasteiger partial charge in [-0.3, -0.25) is 0 Å². The van der Waals surface area contributed by atoms with Crippen LogP contribution in [0.15, 0.2) is 35.2 Å². The van der Waals surface area contributed by atoms with Gasteiger partial charge in [-0.2, -0.15) is 0 Å². The van der Waals surface area contributed by atoms with Crippen molar-refractivity contribution in [1.82, 2.24) is 14.7 Å². The first-order chi connectivity index (χ1) is 13.1. The van der Waals surface area contributed by atoms with Crippen LogP contribution in [0.25, 0.3) is 0 Å². The molecule has 1 aliphatic heterocycles. The highest BCUT2D eigenvalue weighted by Crippen LogP contribution is 2.24. The topological polar surface area (TPSA) is 84.4 Å². The number of aromatic nitrogens is 2. The van der Waals surface area contributed by atoms with Gasteiger partial charge in [-0.25, -0.2) is 23.1 Å². The van der Waals surface area contributed by atoms with Gasteiger partial charge in [-0.1, -0.05) is 0 Å². The summed E-state index contributed by atoms with van der Waals surface area (Å²) >= 11 is 0. The van der Waals surface area contributed by atoms with E-state index in [2.05, 4.69) is 24.3 Å². The van der Waals surface area contributed by atoms with E-state index in [0.717, 1.165) is 61.7 Å². The molecule has 0 spiro atoms. The molecular formula is C17H19F3N4O3S. The zero-order valence-corrected chi connectivity index (χ0v) is 15.8. The number of benzene rings is 1. The average molecular weight is 416 g/mol. The first kappa shape index (κ1) is 20.3. The zero-order chi connectivity index (χ0) is 20.4. The largest absolute Gasteiger partial charge is 0.573 e. The van der Waals surface area contributed by atoms with Crippen molar-refractivity contribution in [2.24, 2.45) is 0 Å².